The molecule has 2 rings (SSSR count). The Kier molecular flexibility index (Phi) is 7.71. The van der Waals surface area contributed by atoms with E-state index in [1.165, 1.54) is 11.3 Å². The molecular formula is C14H22ClN3O2S. The highest BCUT2D eigenvalue weighted by atomic mass is 35.5. The molecule has 7 heteroatoms. The number of carbonyl (C=O) groups is 2. The topological polar surface area (TPSA) is 61.4 Å². The van der Waals surface area contributed by atoms with E-state index in [-0.39, 0.29) is 24.2 Å². The van der Waals surface area contributed by atoms with E-state index in [1.807, 2.05) is 23.4 Å². The van der Waals surface area contributed by atoms with Crippen molar-refractivity contribution in [3.8, 4) is 0 Å². The number of rotatable bonds is 5. The average Bonchev–Trinajstić information content (AvgIpc) is 3.01. The molecule has 118 valence electrons. The van der Waals surface area contributed by atoms with Gasteiger partial charge in [-0.15, -0.1) is 23.7 Å². The van der Waals surface area contributed by atoms with Crippen LogP contribution in [-0.4, -0.2) is 49.4 Å². The number of hydrogen-bond donors (Lipinski definition) is 2. The Hall–Kier alpha value is -1.11. The second-order valence-corrected chi connectivity index (χ2v) is 5.92. The first kappa shape index (κ1) is 17.9. The summed E-state index contributed by atoms with van der Waals surface area (Å²) in [5.74, 6) is 0.000647. The van der Waals surface area contributed by atoms with Gasteiger partial charge in [0.2, 0.25) is 5.91 Å². The Balaban J connectivity index is 0.00000220. The van der Waals surface area contributed by atoms with E-state index in [4.69, 9.17) is 0 Å². The van der Waals surface area contributed by atoms with Crippen LogP contribution in [0.5, 0.6) is 0 Å². The van der Waals surface area contributed by atoms with Crippen LogP contribution < -0.4 is 10.6 Å². The molecule has 1 aliphatic rings. The van der Waals surface area contributed by atoms with Crippen molar-refractivity contribution < 1.29 is 9.59 Å². The SMILES string of the molecule is CN(C(=O)CCNC(=O)c1cccs1)C1CCNCC1.Cl. The van der Waals surface area contributed by atoms with Crippen LogP contribution in [0.1, 0.15) is 28.9 Å². The first-order valence-electron chi connectivity index (χ1n) is 6.96. The van der Waals surface area contributed by atoms with E-state index < -0.39 is 0 Å². The molecule has 0 spiro atoms. The Morgan fingerprint density at radius 3 is 2.76 bits per heavy atom. The molecule has 21 heavy (non-hydrogen) atoms. The zero-order valence-electron chi connectivity index (χ0n) is 12.1. The van der Waals surface area contributed by atoms with E-state index >= 15 is 0 Å². The fourth-order valence-electron chi connectivity index (χ4n) is 2.35. The molecule has 1 fully saturated rings. The van der Waals surface area contributed by atoms with Crippen molar-refractivity contribution in [2.45, 2.75) is 25.3 Å². The highest BCUT2D eigenvalue weighted by Crippen LogP contribution is 2.11. The summed E-state index contributed by atoms with van der Waals surface area (Å²) in [5.41, 5.74) is 0. The summed E-state index contributed by atoms with van der Waals surface area (Å²) < 4.78 is 0. The van der Waals surface area contributed by atoms with Gasteiger partial charge in [0.05, 0.1) is 4.88 Å². The van der Waals surface area contributed by atoms with Gasteiger partial charge in [-0.05, 0) is 37.4 Å². The summed E-state index contributed by atoms with van der Waals surface area (Å²) in [6.45, 7) is 2.33. The first-order valence-corrected chi connectivity index (χ1v) is 7.84. The maximum atomic E-state index is 12.1. The van der Waals surface area contributed by atoms with E-state index in [0.29, 0.717) is 23.9 Å². The lowest BCUT2D eigenvalue weighted by Gasteiger charge is -2.31. The Bertz CT molecular complexity index is 447. The van der Waals surface area contributed by atoms with Gasteiger partial charge in [0.1, 0.15) is 0 Å². The van der Waals surface area contributed by atoms with E-state index in [2.05, 4.69) is 10.6 Å². The molecule has 0 aromatic carbocycles. The maximum Gasteiger partial charge on any atom is 0.261 e. The van der Waals surface area contributed by atoms with Crippen molar-refractivity contribution in [1.29, 1.82) is 0 Å². The fraction of sp³-hybridized carbons (Fsp3) is 0.571. The zero-order chi connectivity index (χ0) is 14.4. The van der Waals surface area contributed by atoms with Gasteiger partial charge in [0.25, 0.3) is 5.91 Å². The number of nitrogens with zero attached hydrogens (tertiary/aromatic N) is 1. The molecule has 0 bridgehead atoms. The first-order chi connectivity index (χ1) is 9.68. The summed E-state index contributed by atoms with van der Waals surface area (Å²) in [6, 6.07) is 3.95. The molecule has 2 amide bonds. The summed E-state index contributed by atoms with van der Waals surface area (Å²) in [7, 11) is 1.86. The third kappa shape index (κ3) is 5.30. The molecule has 0 unspecified atom stereocenters. The number of carbonyl (C=O) groups excluding carboxylic acids is 2. The minimum atomic E-state index is -0.0997. The van der Waals surface area contributed by atoms with Crippen molar-refractivity contribution in [2.24, 2.45) is 0 Å². The lowest BCUT2D eigenvalue weighted by molar-refractivity contribution is -0.132. The van der Waals surface area contributed by atoms with Crippen molar-refractivity contribution in [2.75, 3.05) is 26.7 Å². The summed E-state index contributed by atoms with van der Waals surface area (Å²) in [5, 5.41) is 7.94. The highest BCUT2D eigenvalue weighted by Gasteiger charge is 2.21. The fourth-order valence-corrected chi connectivity index (χ4v) is 2.99. The molecule has 1 aromatic rings. The van der Waals surface area contributed by atoms with Crippen molar-refractivity contribution in [1.82, 2.24) is 15.5 Å². The van der Waals surface area contributed by atoms with Crippen LogP contribution in [0, 0.1) is 0 Å². The van der Waals surface area contributed by atoms with Crippen molar-refractivity contribution in [3.63, 3.8) is 0 Å². The van der Waals surface area contributed by atoms with Crippen LogP contribution >= 0.6 is 23.7 Å². The molecule has 2 heterocycles. The van der Waals surface area contributed by atoms with Gasteiger partial charge in [-0.1, -0.05) is 6.07 Å². The number of piperidine rings is 1. The number of halogens is 1. The molecule has 2 N–H and O–H groups in total. The van der Waals surface area contributed by atoms with Gasteiger partial charge < -0.3 is 15.5 Å². The molecule has 0 radical (unpaired) electrons. The van der Waals surface area contributed by atoms with Crippen LogP contribution in [0.3, 0.4) is 0 Å². The lowest BCUT2D eigenvalue weighted by Crippen LogP contribution is -2.44. The number of thiophene rings is 1. The van der Waals surface area contributed by atoms with Gasteiger partial charge in [0.15, 0.2) is 0 Å². The van der Waals surface area contributed by atoms with Crippen LogP contribution in [0.25, 0.3) is 0 Å². The zero-order valence-corrected chi connectivity index (χ0v) is 13.8. The van der Waals surface area contributed by atoms with E-state index in [1.54, 1.807) is 6.07 Å². The Morgan fingerprint density at radius 2 is 2.14 bits per heavy atom. The van der Waals surface area contributed by atoms with Crippen LogP contribution in [-0.2, 0) is 4.79 Å². The molecule has 0 atom stereocenters. The van der Waals surface area contributed by atoms with Crippen molar-refractivity contribution in [3.05, 3.63) is 22.4 Å². The second kappa shape index (κ2) is 9.02. The summed E-state index contributed by atoms with van der Waals surface area (Å²) in [4.78, 5) is 26.3. The quantitative estimate of drug-likeness (QED) is 0.859. The highest BCUT2D eigenvalue weighted by molar-refractivity contribution is 7.12. The second-order valence-electron chi connectivity index (χ2n) is 4.97. The number of amides is 2. The lowest BCUT2D eigenvalue weighted by atomic mass is 10.1. The van der Waals surface area contributed by atoms with Gasteiger partial charge in [0, 0.05) is 26.1 Å². The third-order valence-corrected chi connectivity index (χ3v) is 4.49. The molecule has 1 aromatic heterocycles. The molecular weight excluding hydrogens is 310 g/mol. The minimum absolute atomic E-state index is 0. The van der Waals surface area contributed by atoms with Crippen LogP contribution in [0.2, 0.25) is 0 Å². The van der Waals surface area contributed by atoms with E-state index in [9.17, 15) is 9.59 Å². The molecule has 1 aliphatic heterocycles. The Morgan fingerprint density at radius 1 is 1.43 bits per heavy atom. The monoisotopic (exact) mass is 331 g/mol. The number of hydrogen-bond acceptors (Lipinski definition) is 4. The summed E-state index contributed by atoms with van der Waals surface area (Å²) in [6.07, 6.45) is 2.37. The molecule has 0 saturated carbocycles. The molecule has 1 saturated heterocycles. The molecule has 0 aliphatic carbocycles. The smallest absolute Gasteiger partial charge is 0.261 e. The minimum Gasteiger partial charge on any atom is -0.351 e. The van der Waals surface area contributed by atoms with Gasteiger partial charge in [-0.25, -0.2) is 0 Å². The predicted molar refractivity (Wildman–Crippen MR) is 87.2 cm³/mol. The normalized spacial score (nSPS) is 15.1. The van der Waals surface area contributed by atoms with Crippen LogP contribution in [0.15, 0.2) is 17.5 Å². The predicted octanol–water partition coefficient (Wildman–Crippen LogP) is 1.50. The maximum absolute atomic E-state index is 12.1. The number of nitrogens with one attached hydrogen (secondary N) is 2. The van der Waals surface area contributed by atoms with Crippen LogP contribution in [0.4, 0.5) is 0 Å². The average molecular weight is 332 g/mol. The Labute approximate surface area is 135 Å². The molecule has 5 nitrogen and oxygen atoms in total. The van der Waals surface area contributed by atoms with E-state index in [0.717, 1.165) is 25.9 Å². The van der Waals surface area contributed by atoms with Gasteiger partial charge in [-0.2, -0.15) is 0 Å². The summed E-state index contributed by atoms with van der Waals surface area (Å²) >= 11 is 1.40. The largest absolute Gasteiger partial charge is 0.351 e. The van der Waals surface area contributed by atoms with Gasteiger partial charge in [-0.3, -0.25) is 9.59 Å². The van der Waals surface area contributed by atoms with Crippen molar-refractivity contribution >= 4 is 35.6 Å². The third-order valence-electron chi connectivity index (χ3n) is 3.62. The standard InChI is InChI=1S/C14H21N3O2S.ClH/c1-17(11-4-7-15-8-5-11)13(18)6-9-16-14(19)12-3-2-10-20-12;/h2-3,10-11,15H,4-9H2,1H3,(H,16,19);1H. The van der Waals surface area contributed by atoms with Gasteiger partial charge >= 0.3 is 0 Å².